The van der Waals surface area contributed by atoms with Crippen LogP contribution in [0.1, 0.15) is 19.4 Å². The number of guanidine groups is 1. The summed E-state index contributed by atoms with van der Waals surface area (Å²) >= 11 is 0. The second kappa shape index (κ2) is 10.1. The van der Waals surface area contributed by atoms with Crippen molar-refractivity contribution in [2.45, 2.75) is 20.4 Å². The molecule has 2 aromatic rings. The second-order valence-electron chi connectivity index (χ2n) is 5.05. The summed E-state index contributed by atoms with van der Waals surface area (Å²) in [6.07, 6.45) is 0. The van der Waals surface area contributed by atoms with Gasteiger partial charge in [-0.15, -0.1) is 24.0 Å². The second-order valence-corrected chi connectivity index (χ2v) is 5.05. The van der Waals surface area contributed by atoms with E-state index in [9.17, 15) is 4.39 Å². The molecule has 2 N–H and O–H groups in total. The van der Waals surface area contributed by atoms with Gasteiger partial charge in [0.15, 0.2) is 5.96 Å². The monoisotopic (exact) mass is 443 g/mol. The van der Waals surface area contributed by atoms with Gasteiger partial charge in [-0.25, -0.2) is 9.38 Å². The zero-order valence-corrected chi connectivity index (χ0v) is 16.2. The molecule has 0 unspecified atom stereocenters. The fraction of sp³-hybridized carbons (Fsp3) is 0.278. The standard InChI is InChI=1S/C18H22FN3O.HI/c1-3-22(4-2)18(20)21-13-14-5-9-16(10-6-14)23-17-11-7-15(19)8-12-17;/h5-12H,3-4,13H2,1-2H3,(H2,20,21);1H. The number of halogens is 2. The highest BCUT2D eigenvalue weighted by Crippen LogP contribution is 2.22. The molecule has 2 rings (SSSR count). The van der Waals surface area contributed by atoms with Crippen molar-refractivity contribution in [1.29, 1.82) is 0 Å². The molecule has 0 radical (unpaired) electrons. The minimum atomic E-state index is -0.281. The van der Waals surface area contributed by atoms with E-state index in [-0.39, 0.29) is 29.8 Å². The van der Waals surface area contributed by atoms with E-state index in [0.29, 0.717) is 24.0 Å². The number of benzene rings is 2. The van der Waals surface area contributed by atoms with Crippen LogP contribution in [-0.2, 0) is 6.54 Å². The first kappa shape index (κ1) is 20.2. The lowest BCUT2D eigenvalue weighted by Crippen LogP contribution is -2.37. The Morgan fingerprint density at radius 3 is 2.00 bits per heavy atom. The molecule has 0 saturated heterocycles. The molecule has 0 aromatic heterocycles. The van der Waals surface area contributed by atoms with Gasteiger partial charge in [0.25, 0.3) is 0 Å². The highest BCUT2D eigenvalue weighted by Gasteiger charge is 2.02. The Hall–Kier alpha value is -1.83. The maximum atomic E-state index is 12.9. The van der Waals surface area contributed by atoms with Crippen LogP contribution in [-0.4, -0.2) is 23.9 Å². The van der Waals surface area contributed by atoms with Crippen molar-refractivity contribution in [2.75, 3.05) is 13.1 Å². The number of aliphatic imine (C=N–C) groups is 1. The summed E-state index contributed by atoms with van der Waals surface area (Å²) in [5, 5.41) is 0. The summed E-state index contributed by atoms with van der Waals surface area (Å²) in [5.41, 5.74) is 7.00. The topological polar surface area (TPSA) is 50.8 Å². The third-order valence-electron chi connectivity index (χ3n) is 3.48. The molecule has 130 valence electrons. The molecule has 0 aliphatic carbocycles. The normalized spacial score (nSPS) is 10.9. The highest BCUT2D eigenvalue weighted by atomic mass is 127. The van der Waals surface area contributed by atoms with Crippen molar-refractivity contribution in [3.8, 4) is 11.5 Å². The molecule has 0 aliphatic heterocycles. The van der Waals surface area contributed by atoms with E-state index >= 15 is 0 Å². The number of hydrogen-bond acceptors (Lipinski definition) is 2. The minimum Gasteiger partial charge on any atom is -0.457 e. The zero-order valence-electron chi connectivity index (χ0n) is 13.9. The lowest BCUT2D eigenvalue weighted by atomic mass is 10.2. The smallest absolute Gasteiger partial charge is 0.191 e. The van der Waals surface area contributed by atoms with Gasteiger partial charge in [0, 0.05) is 13.1 Å². The summed E-state index contributed by atoms with van der Waals surface area (Å²) < 4.78 is 18.5. The van der Waals surface area contributed by atoms with Gasteiger partial charge >= 0.3 is 0 Å². The molecule has 4 nitrogen and oxygen atoms in total. The van der Waals surface area contributed by atoms with E-state index in [1.807, 2.05) is 43.0 Å². The molecule has 6 heteroatoms. The SMILES string of the molecule is CCN(CC)C(N)=NCc1ccc(Oc2ccc(F)cc2)cc1.I. The first-order valence-electron chi connectivity index (χ1n) is 7.69. The van der Waals surface area contributed by atoms with Crippen LogP contribution >= 0.6 is 24.0 Å². The van der Waals surface area contributed by atoms with Crippen molar-refractivity contribution < 1.29 is 9.13 Å². The van der Waals surface area contributed by atoms with Gasteiger partial charge < -0.3 is 15.4 Å². The third kappa shape index (κ3) is 5.99. The number of rotatable bonds is 6. The summed E-state index contributed by atoms with van der Waals surface area (Å²) in [6, 6.07) is 13.5. The van der Waals surface area contributed by atoms with Crippen LogP contribution in [0.5, 0.6) is 11.5 Å². The molecule has 0 fully saturated rings. The number of hydrogen-bond donors (Lipinski definition) is 1. The van der Waals surface area contributed by atoms with Crippen molar-refractivity contribution in [2.24, 2.45) is 10.7 Å². The van der Waals surface area contributed by atoms with E-state index in [0.717, 1.165) is 18.7 Å². The lowest BCUT2D eigenvalue weighted by Gasteiger charge is -2.19. The third-order valence-corrected chi connectivity index (χ3v) is 3.48. The quantitative estimate of drug-likeness (QED) is 0.409. The van der Waals surface area contributed by atoms with E-state index in [1.165, 1.54) is 12.1 Å². The van der Waals surface area contributed by atoms with Gasteiger partial charge in [-0.05, 0) is 55.8 Å². The van der Waals surface area contributed by atoms with Crippen LogP contribution in [0.4, 0.5) is 4.39 Å². The average molecular weight is 443 g/mol. The van der Waals surface area contributed by atoms with Crippen molar-refractivity contribution in [1.82, 2.24) is 4.90 Å². The molecule has 0 bridgehead atoms. The van der Waals surface area contributed by atoms with Crippen molar-refractivity contribution in [3.63, 3.8) is 0 Å². The van der Waals surface area contributed by atoms with Crippen LogP contribution in [0.25, 0.3) is 0 Å². The lowest BCUT2D eigenvalue weighted by molar-refractivity contribution is 0.458. The van der Waals surface area contributed by atoms with Gasteiger partial charge in [-0.3, -0.25) is 0 Å². The summed E-state index contributed by atoms with van der Waals surface area (Å²) in [7, 11) is 0. The van der Waals surface area contributed by atoms with E-state index in [1.54, 1.807) is 12.1 Å². The van der Waals surface area contributed by atoms with Gasteiger partial charge in [-0.2, -0.15) is 0 Å². The first-order chi connectivity index (χ1) is 11.1. The Morgan fingerprint density at radius 1 is 1.00 bits per heavy atom. The number of nitrogens with two attached hydrogens (primary N) is 1. The fourth-order valence-corrected chi connectivity index (χ4v) is 2.12. The van der Waals surface area contributed by atoms with Gasteiger partial charge in [0.1, 0.15) is 17.3 Å². The largest absolute Gasteiger partial charge is 0.457 e. The fourth-order valence-electron chi connectivity index (χ4n) is 2.12. The molecule has 0 saturated carbocycles. The van der Waals surface area contributed by atoms with Crippen molar-refractivity contribution >= 4 is 29.9 Å². The maximum absolute atomic E-state index is 12.9. The van der Waals surface area contributed by atoms with Crippen LogP contribution in [0.3, 0.4) is 0 Å². The molecule has 0 spiro atoms. The van der Waals surface area contributed by atoms with Crippen LogP contribution in [0, 0.1) is 5.82 Å². The van der Waals surface area contributed by atoms with Crippen molar-refractivity contribution in [3.05, 3.63) is 59.9 Å². The molecular weight excluding hydrogens is 420 g/mol. The Labute approximate surface area is 159 Å². The van der Waals surface area contributed by atoms with E-state index < -0.39 is 0 Å². The molecule has 2 aromatic carbocycles. The summed E-state index contributed by atoms with van der Waals surface area (Å²) in [6.45, 7) is 6.31. The Kier molecular flexibility index (Phi) is 8.53. The Balaban J connectivity index is 0.00000288. The molecule has 24 heavy (non-hydrogen) atoms. The average Bonchev–Trinajstić information content (AvgIpc) is 2.57. The van der Waals surface area contributed by atoms with Gasteiger partial charge in [-0.1, -0.05) is 12.1 Å². The molecule has 0 aliphatic rings. The zero-order chi connectivity index (χ0) is 16.7. The molecular formula is C18H23FIN3O. The molecule has 0 amide bonds. The predicted octanol–water partition coefficient (Wildman–Crippen LogP) is 4.39. The predicted molar refractivity (Wildman–Crippen MR) is 107 cm³/mol. The highest BCUT2D eigenvalue weighted by molar-refractivity contribution is 14.0. The summed E-state index contributed by atoms with van der Waals surface area (Å²) in [5.74, 6) is 1.57. The Bertz CT molecular complexity index is 640. The summed E-state index contributed by atoms with van der Waals surface area (Å²) in [4.78, 5) is 6.40. The van der Waals surface area contributed by atoms with E-state index in [4.69, 9.17) is 10.5 Å². The molecule has 0 atom stereocenters. The number of nitrogens with zero attached hydrogens (tertiary/aromatic N) is 2. The van der Waals surface area contributed by atoms with Crippen LogP contribution in [0.2, 0.25) is 0 Å². The van der Waals surface area contributed by atoms with Crippen LogP contribution in [0.15, 0.2) is 53.5 Å². The number of ether oxygens (including phenoxy) is 1. The maximum Gasteiger partial charge on any atom is 0.191 e. The molecule has 0 heterocycles. The minimum absolute atomic E-state index is 0. The van der Waals surface area contributed by atoms with Gasteiger partial charge in [0.2, 0.25) is 0 Å². The van der Waals surface area contributed by atoms with Gasteiger partial charge in [0.05, 0.1) is 6.54 Å². The van der Waals surface area contributed by atoms with E-state index in [2.05, 4.69) is 4.99 Å². The Morgan fingerprint density at radius 2 is 1.50 bits per heavy atom. The first-order valence-corrected chi connectivity index (χ1v) is 7.69. The van der Waals surface area contributed by atoms with Crippen LogP contribution < -0.4 is 10.5 Å².